The van der Waals surface area contributed by atoms with Gasteiger partial charge in [0.15, 0.2) is 5.96 Å². The van der Waals surface area contributed by atoms with Crippen LogP contribution in [0, 0.1) is 11.3 Å². The number of aliphatic hydroxyl groups is 1. The maximum absolute atomic E-state index is 15.7. The number of hydrogen-bond donors (Lipinski definition) is 18. The van der Waals surface area contributed by atoms with Gasteiger partial charge in [0.1, 0.15) is 66.5 Å². The van der Waals surface area contributed by atoms with Crippen molar-refractivity contribution >= 4 is 134 Å². The van der Waals surface area contributed by atoms with Gasteiger partial charge in [-0.1, -0.05) is 114 Å². The van der Waals surface area contributed by atoms with E-state index in [1.165, 1.54) is 62.3 Å². The minimum absolute atomic E-state index is 0.0110. The van der Waals surface area contributed by atoms with Crippen molar-refractivity contribution in [3.05, 3.63) is 126 Å². The number of nitrogens with two attached hydrogens (primary N) is 3. The van der Waals surface area contributed by atoms with Crippen LogP contribution in [-0.4, -0.2) is 312 Å². The zero-order chi connectivity index (χ0) is 96.2. The van der Waals surface area contributed by atoms with Crippen molar-refractivity contribution in [3.8, 4) is 0 Å². The fourth-order valence-corrected chi connectivity index (χ4v) is 17.6. The van der Waals surface area contributed by atoms with E-state index in [0.717, 1.165) is 37.4 Å². The van der Waals surface area contributed by atoms with Gasteiger partial charge in [-0.25, -0.2) is 4.98 Å². The van der Waals surface area contributed by atoms with E-state index in [-0.39, 0.29) is 108 Å². The molecule has 0 spiro atoms. The number of benzene rings is 3. The molecule has 6 heterocycles. The van der Waals surface area contributed by atoms with Gasteiger partial charge in [-0.15, -0.1) is 11.8 Å². The predicted molar refractivity (Wildman–Crippen MR) is 492 cm³/mol. The summed E-state index contributed by atoms with van der Waals surface area (Å²) in [4.78, 5) is 255. The third kappa shape index (κ3) is 28.3. The minimum atomic E-state index is -1.72. The van der Waals surface area contributed by atoms with E-state index in [2.05, 4.69) is 73.1 Å². The molecule has 3 aliphatic rings. The minimum Gasteiger partial charge on any atom is -0.394 e. The lowest BCUT2D eigenvalue weighted by molar-refractivity contribution is -0.149. The standard InChI is InChI=1S/C90H128N24O17S/c1-10-12-29-70-83(125)104-63(28-20-32-96-90(93)94)80(122)108-69(79(121)100-44-75(92)117)48-132-49-77(119)114-45-54-23-15-14-22-53(54)37-73(114)89(131)110(7)52(5)78(120)106-68(39-74(91)116)87(129)113-33-21-31-71(113)84(126)105-65(38-57-42-95-50-101-57)82(124)107-67(34-51(3)4)85(127)109(6)46-76(118)103-64(35-55-40-97-61-26-18-16-24-59(55)61)81(123)102-58(47-115)43-99-66(36-56-41-98-62-27-19-17-25-60(56)62)86(128)112(9)72(30-13-11-2)88(130)111(70)8/h14-19,22-27,40-42,50-52,58,63-73,97-99,115H,10-13,20-21,28-39,43-49H2,1-9H3,(H2,91,116)(H2,92,117)(H,95,101)(H,100,121)(H,102,123)(H,103,118)(H,104,125)(H,105,126)(H,106,120)(H,107,124)(H,108,122)(H4,93,94,96)/t52-,58+,63-,64-,65-,66-,67-,68-,69-,70-,71-,72-,73-/m0/s1. The van der Waals surface area contributed by atoms with Gasteiger partial charge in [-0.05, 0) is 98.6 Å². The molecule has 41 nitrogen and oxygen atoms in total. The van der Waals surface area contributed by atoms with Crippen molar-refractivity contribution in [2.75, 3.05) is 79.0 Å². The first-order valence-corrected chi connectivity index (χ1v) is 45.9. The molecule has 16 amide bonds. The molecule has 132 heavy (non-hydrogen) atoms. The van der Waals surface area contributed by atoms with Crippen molar-refractivity contribution in [1.82, 2.24) is 103 Å². The monoisotopic (exact) mass is 1850 g/mol. The summed E-state index contributed by atoms with van der Waals surface area (Å²) in [6.07, 6.45) is 7.21. The van der Waals surface area contributed by atoms with Crippen molar-refractivity contribution < 1.29 is 81.8 Å². The van der Waals surface area contributed by atoms with E-state index in [9.17, 15) is 53.1 Å². The molecule has 2 saturated heterocycles. The number of imidazole rings is 1. The van der Waals surface area contributed by atoms with Gasteiger partial charge in [-0.2, -0.15) is 0 Å². The van der Waals surface area contributed by atoms with E-state index in [4.69, 9.17) is 22.6 Å². The number of primary amides is 2. The lowest BCUT2D eigenvalue weighted by Gasteiger charge is -2.39. The molecule has 42 heteroatoms. The SMILES string of the molecule is CCCC[C@H]1C(=O)N(C)[C@@H](CCCC)C(=O)N[C@@H](CCCNC(=N)N)C(=O)N[C@H](C(=O)NCC(N)=O)CSCC(=O)N2Cc3ccccc3C[C@H]2C(=O)N(C)[C@@H](C)C(=O)N[C@@H](CC(N)=O)C(=O)N2CCC[C@H]2C(=O)N[C@@H](Cc2cnc[nH]2)C(=O)N[C@@H](CC(C)C)C(=O)N(C)CC(=O)N[C@@H](Cc2c[nH]c3ccccc23)C(=O)N[C@@H](CO)CN[C@@H](Cc2c[nH]c3ccccc23)C(=O)N1C. The number of rotatable bonds is 24. The number of aromatic nitrogens is 4. The number of H-pyrrole nitrogens is 3. The Labute approximate surface area is 770 Å². The van der Waals surface area contributed by atoms with Crippen LogP contribution in [0.15, 0.2) is 97.7 Å². The van der Waals surface area contributed by atoms with Crippen LogP contribution in [0.1, 0.15) is 140 Å². The second-order valence-electron chi connectivity index (χ2n) is 34.4. The van der Waals surface area contributed by atoms with E-state index in [0.29, 0.717) is 64.5 Å². The quantitative estimate of drug-likeness (QED) is 0.0187. The molecular formula is C90H128N24O17S. The second kappa shape index (κ2) is 49.3. The molecule has 2 fully saturated rings. The van der Waals surface area contributed by atoms with Gasteiger partial charge < -0.3 is 120 Å². The smallest absolute Gasteiger partial charge is 0.246 e. The van der Waals surface area contributed by atoms with Gasteiger partial charge in [-0.3, -0.25) is 82.1 Å². The Kier molecular flexibility index (Phi) is 38.4. The Bertz CT molecular complexity index is 5080. The average molecular weight is 1850 g/mol. The molecule has 3 aromatic heterocycles. The number of nitrogens with zero attached hydrogens (tertiary/aromatic N) is 7. The predicted octanol–water partition coefficient (Wildman–Crippen LogP) is -1.44. The molecule has 3 aromatic carbocycles. The Morgan fingerprint density at radius 3 is 1.79 bits per heavy atom. The molecule has 21 N–H and O–H groups in total. The average Bonchev–Trinajstić information content (AvgIpc) is 1.57. The number of fused-ring (bicyclic) bond motifs is 5. The summed E-state index contributed by atoms with van der Waals surface area (Å²) < 4.78 is 0. The molecule has 3 aliphatic heterocycles. The molecule has 0 radical (unpaired) electrons. The fraction of sp³-hybridized carbons (Fsp3) is 0.533. The second-order valence-corrected chi connectivity index (χ2v) is 35.4. The Hall–Kier alpha value is -13.0. The highest BCUT2D eigenvalue weighted by molar-refractivity contribution is 8.00. The number of amides is 16. The van der Waals surface area contributed by atoms with Crippen molar-refractivity contribution in [3.63, 3.8) is 0 Å². The van der Waals surface area contributed by atoms with Crippen LogP contribution in [0.2, 0.25) is 0 Å². The molecule has 0 bridgehead atoms. The van der Waals surface area contributed by atoms with Gasteiger partial charge >= 0.3 is 0 Å². The molecule has 6 aromatic rings. The van der Waals surface area contributed by atoms with Crippen LogP contribution in [-0.2, 0) is 109 Å². The number of aromatic amines is 3. The summed E-state index contributed by atoms with van der Waals surface area (Å²) >= 11 is 0.861. The zero-order valence-electron chi connectivity index (χ0n) is 76.2. The van der Waals surface area contributed by atoms with E-state index >= 15 is 28.8 Å². The molecule has 0 saturated carbocycles. The summed E-state index contributed by atoms with van der Waals surface area (Å²) in [5.41, 5.74) is 21.4. The molecule has 0 aliphatic carbocycles. The van der Waals surface area contributed by atoms with Crippen LogP contribution in [0.25, 0.3) is 21.8 Å². The topological polar surface area (TPSA) is 595 Å². The van der Waals surface area contributed by atoms with Crippen molar-refractivity contribution in [2.45, 2.75) is 222 Å². The van der Waals surface area contributed by atoms with E-state index < -0.39 is 211 Å². The Morgan fingerprint density at radius 2 is 1.17 bits per heavy atom. The van der Waals surface area contributed by atoms with Crippen LogP contribution in [0.4, 0.5) is 0 Å². The number of para-hydroxylation sites is 2. The first-order valence-electron chi connectivity index (χ1n) is 44.8. The Balaban J connectivity index is 1.08. The molecular weight excluding hydrogens is 1720 g/mol. The normalized spacial score (nSPS) is 24.0. The maximum atomic E-state index is 15.7. The van der Waals surface area contributed by atoms with Gasteiger partial charge in [0, 0.05) is 125 Å². The lowest BCUT2D eigenvalue weighted by atomic mass is 9.93. The molecule has 13 atom stereocenters. The lowest BCUT2D eigenvalue weighted by Crippen LogP contribution is -2.60. The summed E-state index contributed by atoms with van der Waals surface area (Å²) in [7, 11) is 5.51. The largest absolute Gasteiger partial charge is 0.394 e. The number of hydrogen-bond acceptors (Lipinski definition) is 21. The molecule has 716 valence electrons. The zero-order valence-corrected chi connectivity index (χ0v) is 77.1. The first-order chi connectivity index (χ1) is 63.0. The number of likely N-dealkylation sites (N-methyl/N-ethyl adjacent to an activating group) is 4. The Morgan fingerprint density at radius 1 is 0.576 bits per heavy atom. The number of thioether (sulfide) groups is 1. The highest BCUT2D eigenvalue weighted by Crippen LogP contribution is 2.29. The summed E-state index contributed by atoms with van der Waals surface area (Å²) in [5, 5.41) is 48.2. The van der Waals surface area contributed by atoms with Gasteiger partial charge in [0.05, 0.1) is 50.3 Å². The van der Waals surface area contributed by atoms with Crippen LogP contribution in [0.3, 0.4) is 0 Å². The third-order valence-corrected chi connectivity index (χ3v) is 25.1. The summed E-state index contributed by atoms with van der Waals surface area (Å²) in [6.45, 7) is 6.20. The number of carbonyl (C=O) groups is 16. The van der Waals surface area contributed by atoms with Crippen LogP contribution >= 0.6 is 11.8 Å². The van der Waals surface area contributed by atoms with Crippen molar-refractivity contribution in [1.29, 1.82) is 5.41 Å². The van der Waals surface area contributed by atoms with Gasteiger partial charge in [0.2, 0.25) is 94.5 Å². The first kappa shape index (κ1) is 103. The molecule has 9 rings (SSSR count). The number of aliphatic hydroxyl groups excluding tert-OH is 1. The van der Waals surface area contributed by atoms with Crippen LogP contribution < -0.4 is 70.4 Å². The van der Waals surface area contributed by atoms with E-state index in [1.807, 2.05) is 56.3 Å². The highest BCUT2D eigenvalue weighted by atomic mass is 32.2. The van der Waals surface area contributed by atoms with Crippen LogP contribution in [0.5, 0.6) is 0 Å². The summed E-state index contributed by atoms with van der Waals surface area (Å²) in [6, 6.07) is 3.70. The number of carbonyl (C=O) groups excluding carboxylic acids is 16. The number of unbranched alkanes of at least 4 members (excludes halogenated alkanes) is 2. The highest BCUT2D eigenvalue weighted by Gasteiger charge is 2.45. The maximum Gasteiger partial charge on any atom is 0.246 e. The van der Waals surface area contributed by atoms with Crippen molar-refractivity contribution in [2.24, 2.45) is 23.1 Å². The fourth-order valence-electron chi connectivity index (χ4n) is 16.6. The van der Waals surface area contributed by atoms with E-state index in [1.54, 1.807) is 56.6 Å². The summed E-state index contributed by atoms with van der Waals surface area (Å²) in [5.74, 6) is -14.7. The third-order valence-electron chi connectivity index (χ3n) is 24.1. The number of guanidine groups is 1. The molecule has 0 unspecified atom stereocenters. The number of nitrogens with one attached hydrogen (secondary N) is 14. The van der Waals surface area contributed by atoms with Gasteiger partial charge in [0.25, 0.3) is 0 Å².